The molecule has 0 saturated heterocycles. The molecule has 1 aromatic carbocycles. The van der Waals surface area contributed by atoms with Crippen molar-refractivity contribution in [3.8, 4) is 5.75 Å². The van der Waals surface area contributed by atoms with E-state index < -0.39 is 11.0 Å². The molecular weight excluding hydrogens is 286 g/mol. The average molecular weight is 301 g/mol. The van der Waals surface area contributed by atoms with E-state index in [9.17, 15) is 14.9 Å². The number of ether oxygens (including phenoxy) is 1. The molecule has 0 spiro atoms. The van der Waals surface area contributed by atoms with E-state index in [0.29, 0.717) is 5.75 Å². The lowest BCUT2D eigenvalue weighted by molar-refractivity contribution is -0.385. The van der Waals surface area contributed by atoms with E-state index in [1.54, 1.807) is 31.2 Å². The van der Waals surface area contributed by atoms with E-state index in [2.05, 4.69) is 10.3 Å². The highest BCUT2D eigenvalue weighted by atomic mass is 16.6. The largest absolute Gasteiger partial charge is 0.481 e. The Kier molecular flexibility index (Phi) is 4.67. The van der Waals surface area contributed by atoms with Gasteiger partial charge in [-0.2, -0.15) is 0 Å². The van der Waals surface area contributed by atoms with Crippen molar-refractivity contribution >= 4 is 17.4 Å². The molecule has 1 amide bonds. The molecule has 114 valence electrons. The minimum absolute atomic E-state index is 0.0911. The van der Waals surface area contributed by atoms with Gasteiger partial charge in [-0.05, 0) is 32.0 Å². The van der Waals surface area contributed by atoms with Crippen molar-refractivity contribution in [2.45, 2.75) is 20.0 Å². The van der Waals surface area contributed by atoms with Crippen molar-refractivity contribution in [3.63, 3.8) is 0 Å². The van der Waals surface area contributed by atoms with E-state index in [1.807, 2.05) is 6.07 Å². The van der Waals surface area contributed by atoms with Crippen LogP contribution < -0.4 is 10.1 Å². The van der Waals surface area contributed by atoms with E-state index in [0.717, 1.165) is 0 Å². The van der Waals surface area contributed by atoms with Gasteiger partial charge in [0.25, 0.3) is 11.6 Å². The maximum Gasteiger partial charge on any atom is 0.290 e. The number of amides is 1. The number of hydrogen-bond acceptors (Lipinski definition) is 5. The van der Waals surface area contributed by atoms with Gasteiger partial charge in [0.2, 0.25) is 0 Å². The van der Waals surface area contributed by atoms with Gasteiger partial charge < -0.3 is 10.1 Å². The van der Waals surface area contributed by atoms with Crippen molar-refractivity contribution < 1.29 is 14.5 Å². The summed E-state index contributed by atoms with van der Waals surface area (Å²) in [6.45, 7) is 3.12. The van der Waals surface area contributed by atoms with Gasteiger partial charge in [0.05, 0.1) is 4.92 Å². The normalized spacial score (nSPS) is 11.5. The molecule has 7 nitrogen and oxygen atoms in total. The predicted octanol–water partition coefficient (Wildman–Crippen LogP) is 2.70. The van der Waals surface area contributed by atoms with Crippen LogP contribution in [0.15, 0.2) is 42.5 Å². The molecule has 0 aliphatic carbocycles. The zero-order valence-corrected chi connectivity index (χ0v) is 12.1. The summed E-state index contributed by atoms with van der Waals surface area (Å²) in [6, 6.07) is 11.7. The Balaban J connectivity index is 2.02. The highest BCUT2D eigenvalue weighted by Crippen LogP contribution is 2.18. The van der Waals surface area contributed by atoms with Gasteiger partial charge in [-0.15, -0.1) is 0 Å². The summed E-state index contributed by atoms with van der Waals surface area (Å²) < 4.78 is 5.49. The second-order valence-corrected chi connectivity index (χ2v) is 4.62. The Hall–Kier alpha value is -2.96. The average Bonchev–Trinajstić information content (AvgIpc) is 2.47. The minimum Gasteiger partial charge on any atom is -0.481 e. The second-order valence-electron chi connectivity index (χ2n) is 4.62. The molecule has 1 heterocycles. The van der Waals surface area contributed by atoms with Gasteiger partial charge in [-0.1, -0.05) is 18.2 Å². The predicted molar refractivity (Wildman–Crippen MR) is 80.8 cm³/mol. The number of rotatable bonds is 5. The lowest BCUT2D eigenvalue weighted by Crippen LogP contribution is -2.30. The van der Waals surface area contributed by atoms with Gasteiger partial charge in [-0.3, -0.25) is 14.9 Å². The summed E-state index contributed by atoms with van der Waals surface area (Å²) in [5, 5.41) is 13.3. The third-order valence-corrected chi connectivity index (χ3v) is 2.93. The highest BCUT2D eigenvalue weighted by Gasteiger charge is 2.17. The second kappa shape index (κ2) is 6.66. The topological polar surface area (TPSA) is 94.4 Å². The molecule has 1 atom stereocenters. The van der Waals surface area contributed by atoms with E-state index >= 15 is 0 Å². The zero-order chi connectivity index (χ0) is 16.1. The molecule has 0 bridgehead atoms. The summed E-state index contributed by atoms with van der Waals surface area (Å²) in [6.07, 6.45) is -0.723. The number of aryl methyl sites for hydroxylation is 1. The van der Waals surface area contributed by atoms with Gasteiger partial charge in [0, 0.05) is 6.07 Å². The van der Waals surface area contributed by atoms with Crippen molar-refractivity contribution in [2.75, 3.05) is 5.32 Å². The van der Waals surface area contributed by atoms with Crippen LogP contribution in [0, 0.1) is 17.0 Å². The third kappa shape index (κ3) is 3.78. The summed E-state index contributed by atoms with van der Waals surface area (Å²) >= 11 is 0. The van der Waals surface area contributed by atoms with Gasteiger partial charge >= 0.3 is 0 Å². The highest BCUT2D eigenvalue weighted by molar-refractivity contribution is 5.93. The van der Waals surface area contributed by atoms with Crippen LogP contribution >= 0.6 is 0 Å². The van der Waals surface area contributed by atoms with Crippen LogP contribution in [0.1, 0.15) is 12.6 Å². The molecule has 0 radical (unpaired) electrons. The molecule has 0 saturated carbocycles. The lowest BCUT2D eigenvalue weighted by atomic mass is 10.3. The quantitative estimate of drug-likeness (QED) is 0.676. The van der Waals surface area contributed by atoms with E-state index in [4.69, 9.17) is 4.74 Å². The maximum absolute atomic E-state index is 12.0. The number of nitro groups is 1. The number of pyridine rings is 1. The Morgan fingerprint density at radius 1 is 1.27 bits per heavy atom. The number of anilines is 1. The minimum atomic E-state index is -0.723. The third-order valence-electron chi connectivity index (χ3n) is 2.93. The molecular formula is C15H15N3O4. The zero-order valence-electron chi connectivity index (χ0n) is 12.1. The van der Waals surface area contributed by atoms with Crippen LogP contribution in [0.5, 0.6) is 5.75 Å². The van der Waals surface area contributed by atoms with Crippen LogP contribution in [-0.2, 0) is 4.79 Å². The number of para-hydroxylation sites is 1. The number of carbonyl (C=O) groups is 1. The first-order chi connectivity index (χ1) is 10.5. The smallest absolute Gasteiger partial charge is 0.290 e. The first kappa shape index (κ1) is 15.4. The van der Waals surface area contributed by atoms with Crippen LogP contribution in [0.25, 0.3) is 0 Å². The molecule has 0 unspecified atom stereocenters. The fourth-order valence-electron chi connectivity index (χ4n) is 1.80. The van der Waals surface area contributed by atoms with Crippen LogP contribution in [0.4, 0.5) is 11.5 Å². The summed E-state index contributed by atoms with van der Waals surface area (Å²) in [5.41, 5.74) is 0.144. The van der Waals surface area contributed by atoms with E-state index in [1.165, 1.54) is 19.1 Å². The van der Waals surface area contributed by atoms with Gasteiger partial charge in [-0.25, -0.2) is 4.98 Å². The molecule has 0 aliphatic heterocycles. The summed E-state index contributed by atoms with van der Waals surface area (Å²) in [7, 11) is 0. The number of nitrogens with zero attached hydrogens (tertiary/aromatic N) is 2. The first-order valence-electron chi connectivity index (χ1n) is 6.62. The summed E-state index contributed by atoms with van der Waals surface area (Å²) in [5.74, 6) is 0.444. The van der Waals surface area contributed by atoms with Crippen LogP contribution in [-0.4, -0.2) is 21.9 Å². The lowest BCUT2D eigenvalue weighted by Gasteiger charge is -2.14. The number of nitrogens with one attached hydrogen (secondary N) is 1. The molecule has 0 aliphatic rings. The molecule has 1 aromatic heterocycles. The Morgan fingerprint density at radius 2 is 1.95 bits per heavy atom. The Morgan fingerprint density at radius 3 is 2.55 bits per heavy atom. The first-order valence-corrected chi connectivity index (χ1v) is 6.62. The fourth-order valence-corrected chi connectivity index (χ4v) is 1.80. The number of aromatic nitrogens is 1. The molecule has 7 heteroatoms. The number of benzene rings is 1. The Bertz CT molecular complexity index is 688. The van der Waals surface area contributed by atoms with Gasteiger partial charge in [0.15, 0.2) is 6.10 Å². The van der Waals surface area contributed by atoms with Crippen molar-refractivity contribution in [2.24, 2.45) is 0 Å². The SMILES string of the molecule is Cc1nc(NC(=O)[C@H](C)Oc2ccccc2)ccc1[N+](=O)[O-]. The number of carbonyl (C=O) groups excluding carboxylic acids is 1. The van der Waals surface area contributed by atoms with Crippen LogP contribution in [0.2, 0.25) is 0 Å². The van der Waals surface area contributed by atoms with Crippen molar-refractivity contribution in [1.29, 1.82) is 0 Å². The fraction of sp³-hybridized carbons (Fsp3) is 0.200. The van der Waals surface area contributed by atoms with Crippen molar-refractivity contribution in [3.05, 3.63) is 58.3 Å². The van der Waals surface area contributed by atoms with Gasteiger partial charge in [0.1, 0.15) is 17.3 Å². The summed E-state index contributed by atoms with van der Waals surface area (Å²) in [4.78, 5) is 26.2. The maximum atomic E-state index is 12.0. The Labute approximate surface area is 127 Å². The van der Waals surface area contributed by atoms with Crippen LogP contribution in [0.3, 0.4) is 0 Å². The van der Waals surface area contributed by atoms with E-state index in [-0.39, 0.29) is 23.1 Å². The number of hydrogen-bond donors (Lipinski definition) is 1. The molecule has 0 fully saturated rings. The molecule has 1 N–H and O–H groups in total. The molecule has 2 aromatic rings. The monoisotopic (exact) mass is 301 g/mol. The molecule has 22 heavy (non-hydrogen) atoms. The standard InChI is InChI=1S/C15H15N3O4/c1-10-13(18(20)21)8-9-14(16-10)17-15(19)11(2)22-12-6-4-3-5-7-12/h3-9,11H,1-2H3,(H,16,17,19)/t11-/m0/s1. The van der Waals surface area contributed by atoms with Crippen molar-refractivity contribution in [1.82, 2.24) is 4.98 Å². The molecule has 2 rings (SSSR count).